The Balaban J connectivity index is 2.91. The van der Waals surface area contributed by atoms with E-state index >= 15 is 0 Å². The van der Waals surface area contributed by atoms with Crippen LogP contribution in [0, 0.1) is 5.82 Å². The molecule has 0 spiro atoms. The lowest BCUT2D eigenvalue weighted by atomic mass is 10.1. The third kappa shape index (κ3) is 4.20. The molecule has 0 bridgehead atoms. The molecule has 0 unspecified atom stereocenters. The van der Waals surface area contributed by atoms with E-state index in [0.717, 1.165) is 12.1 Å². The number of aliphatic hydroxyl groups excluding tert-OH is 1. The van der Waals surface area contributed by atoms with E-state index in [0.29, 0.717) is 13.0 Å². The van der Waals surface area contributed by atoms with Crippen LogP contribution in [0.5, 0.6) is 0 Å². The van der Waals surface area contributed by atoms with Gasteiger partial charge in [-0.1, -0.05) is 6.92 Å². The van der Waals surface area contributed by atoms with Crippen LogP contribution < -0.4 is 5.32 Å². The number of carboxylic acid groups (broad SMARTS) is 1. The first-order valence-electron chi connectivity index (χ1n) is 6.19. The Morgan fingerprint density at radius 1 is 1.35 bits per heavy atom. The molecule has 0 radical (unpaired) electrons. The molecule has 6 nitrogen and oxygen atoms in total. The van der Waals surface area contributed by atoms with Gasteiger partial charge in [-0.25, -0.2) is 14.0 Å². The van der Waals surface area contributed by atoms with E-state index in [1.54, 1.807) is 0 Å². The summed E-state index contributed by atoms with van der Waals surface area (Å²) in [5.41, 5.74) is -0.304. The SMILES string of the molecule is CCCN(CCO)C(=O)Nc1ccc(F)cc1C(=O)O. The zero-order valence-electron chi connectivity index (χ0n) is 11.1. The number of carbonyl (C=O) groups is 2. The number of carbonyl (C=O) groups excluding carboxylic acids is 1. The van der Waals surface area contributed by atoms with Crippen LogP contribution in [-0.4, -0.2) is 46.8 Å². The van der Waals surface area contributed by atoms with E-state index in [-0.39, 0.29) is 24.4 Å². The van der Waals surface area contributed by atoms with Crippen LogP contribution >= 0.6 is 0 Å². The van der Waals surface area contributed by atoms with Crippen LogP contribution in [-0.2, 0) is 0 Å². The number of benzene rings is 1. The molecule has 0 saturated carbocycles. The molecule has 1 aromatic rings. The highest BCUT2D eigenvalue weighted by molar-refractivity contribution is 6.00. The molecule has 1 rings (SSSR count). The fourth-order valence-corrected chi connectivity index (χ4v) is 1.70. The molecular weight excluding hydrogens is 267 g/mol. The summed E-state index contributed by atoms with van der Waals surface area (Å²) in [5.74, 6) is -2.02. The van der Waals surface area contributed by atoms with Crippen molar-refractivity contribution in [2.24, 2.45) is 0 Å². The smallest absolute Gasteiger partial charge is 0.337 e. The first-order chi connectivity index (χ1) is 9.49. The van der Waals surface area contributed by atoms with Gasteiger partial charge >= 0.3 is 12.0 Å². The number of nitrogens with one attached hydrogen (secondary N) is 1. The van der Waals surface area contributed by atoms with Crippen molar-refractivity contribution < 1.29 is 24.2 Å². The molecule has 0 aromatic heterocycles. The maximum absolute atomic E-state index is 13.0. The minimum absolute atomic E-state index is 0.0166. The third-order valence-corrected chi connectivity index (χ3v) is 2.60. The first kappa shape index (κ1) is 15.9. The van der Waals surface area contributed by atoms with Gasteiger partial charge < -0.3 is 20.4 Å². The molecular formula is C13H17FN2O4. The summed E-state index contributed by atoms with van der Waals surface area (Å²) in [6.07, 6.45) is 0.697. The molecule has 0 aliphatic heterocycles. The summed E-state index contributed by atoms with van der Waals surface area (Å²) >= 11 is 0. The topological polar surface area (TPSA) is 89.9 Å². The van der Waals surface area contributed by atoms with Crippen molar-refractivity contribution in [2.45, 2.75) is 13.3 Å². The lowest BCUT2D eigenvalue weighted by molar-refractivity contribution is 0.0697. The van der Waals surface area contributed by atoms with Gasteiger partial charge in [-0.2, -0.15) is 0 Å². The van der Waals surface area contributed by atoms with E-state index in [1.807, 2.05) is 6.92 Å². The second-order valence-corrected chi connectivity index (χ2v) is 4.14. The Bertz CT molecular complexity index is 487. The second kappa shape index (κ2) is 7.44. The number of aromatic carboxylic acids is 1. The maximum Gasteiger partial charge on any atom is 0.337 e. The molecule has 3 N–H and O–H groups in total. The number of hydrogen-bond acceptors (Lipinski definition) is 3. The standard InChI is InChI=1S/C13H17FN2O4/c1-2-5-16(6-7-17)13(20)15-11-4-3-9(14)8-10(11)12(18)19/h3-4,8,17H,2,5-7H2,1H3,(H,15,20)(H,18,19). The molecule has 0 aliphatic rings. The summed E-state index contributed by atoms with van der Waals surface area (Å²) < 4.78 is 13.0. The lowest BCUT2D eigenvalue weighted by Crippen LogP contribution is -2.37. The number of aliphatic hydroxyl groups is 1. The number of anilines is 1. The van der Waals surface area contributed by atoms with E-state index in [1.165, 1.54) is 11.0 Å². The third-order valence-electron chi connectivity index (χ3n) is 2.60. The van der Waals surface area contributed by atoms with Gasteiger partial charge in [-0.15, -0.1) is 0 Å². The van der Waals surface area contributed by atoms with Crippen LogP contribution in [0.15, 0.2) is 18.2 Å². The zero-order valence-corrected chi connectivity index (χ0v) is 11.1. The minimum atomic E-state index is -1.33. The monoisotopic (exact) mass is 284 g/mol. The Morgan fingerprint density at radius 3 is 2.60 bits per heavy atom. The molecule has 0 aliphatic carbocycles. The van der Waals surface area contributed by atoms with Crippen molar-refractivity contribution in [3.63, 3.8) is 0 Å². The van der Waals surface area contributed by atoms with Crippen LogP contribution in [0.25, 0.3) is 0 Å². The summed E-state index contributed by atoms with van der Waals surface area (Å²) in [7, 11) is 0. The highest BCUT2D eigenvalue weighted by atomic mass is 19.1. The number of halogens is 1. The van der Waals surface area contributed by atoms with E-state index in [9.17, 15) is 14.0 Å². The predicted molar refractivity (Wildman–Crippen MR) is 71.3 cm³/mol. The van der Waals surface area contributed by atoms with Crippen LogP contribution in [0.1, 0.15) is 23.7 Å². The van der Waals surface area contributed by atoms with E-state index < -0.39 is 17.8 Å². The Kier molecular flexibility index (Phi) is 5.92. The average Bonchev–Trinajstić information content (AvgIpc) is 2.40. The minimum Gasteiger partial charge on any atom is -0.478 e. The molecule has 2 amide bonds. The van der Waals surface area contributed by atoms with Crippen LogP contribution in [0.4, 0.5) is 14.9 Å². The Morgan fingerprint density at radius 2 is 2.05 bits per heavy atom. The predicted octanol–water partition coefficient (Wildman–Crippen LogP) is 1.76. The quantitative estimate of drug-likeness (QED) is 0.742. The molecule has 110 valence electrons. The van der Waals surface area contributed by atoms with Crippen molar-refractivity contribution in [1.82, 2.24) is 4.90 Å². The number of nitrogens with zero attached hydrogens (tertiary/aromatic N) is 1. The maximum atomic E-state index is 13.0. The van der Waals surface area contributed by atoms with Crippen molar-refractivity contribution in [3.8, 4) is 0 Å². The average molecular weight is 284 g/mol. The molecule has 0 fully saturated rings. The Labute approximate surface area is 115 Å². The van der Waals surface area contributed by atoms with Gasteiger partial charge in [0.05, 0.1) is 17.9 Å². The molecule has 7 heteroatoms. The first-order valence-corrected chi connectivity index (χ1v) is 6.19. The van der Waals surface area contributed by atoms with Gasteiger partial charge in [0.1, 0.15) is 5.82 Å². The van der Waals surface area contributed by atoms with Gasteiger partial charge in [0.15, 0.2) is 0 Å². The number of amides is 2. The van der Waals surface area contributed by atoms with Gasteiger partial charge in [0.25, 0.3) is 0 Å². The van der Waals surface area contributed by atoms with Gasteiger partial charge in [-0.3, -0.25) is 0 Å². The van der Waals surface area contributed by atoms with Crippen molar-refractivity contribution in [2.75, 3.05) is 25.0 Å². The van der Waals surface area contributed by atoms with Crippen molar-refractivity contribution >= 4 is 17.7 Å². The summed E-state index contributed by atoms with van der Waals surface area (Å²) in [4.78, 5) is 24.3. The van der Waals surface area contributed by atoms with Crippen LogP contribution in [0.3, 0.4) is 0 Å². The fourth-order valence-electron chi connectivity index (χ4n) is 1.70. The lowest BCUT2D eigenvalue weighted by Gasteiger charge is -2.22. The summed E-state index contributed by atoms with van der Waals surface area (Å²) in [6.45, 7) is 2.25. The zero-order chi connectivity index (χ0) is 15.1. The number of hydrogen-bond donors (Lipinski definition) is 3. The summed E-state index contributed by atoms with van der Waals surface area (Å²) in [6, 6.07) is 2.57. The highest BCUT2D eigenvalue weighted by Gasteiger charge is 2.17. The number of urea groups is 1. The molecule has 0 saturated heterocycles. The molecule has 20 heavy (non-hydrogen) atoms. The largest absolute Gasteiger partial charge is 0.478 e. The number of carboxylic acids is 1. The van der Waals surface area contributed by atoms with Gasteiger partial charge in [0.2, 0.25) is 0 Å². The van der Waals surface area contributed by atoms with Crippen molar-refractivity contribution in [3.05, 3.63) is 29.6 Å². The number of rotatable bonds is 6. The van der Waals surface area contributed by atoms with Crippen molar-refractivity contribution in [1.29, 1.82) is 0 Å². The normalized spacial score (nSPS) is 10.2. The molecule has 1 aromatic carbocycles. The second-order valence-electron chi connectivity index (χ2n) is 4.14. The highest BCUT2D eigenvalue weighted by Crippen LogP contribution is 2.17. The van der Waals surface area contributed by atoms with E-state index in [2.05, 4.69) is 5.32 Å². The van der Waals surface area contributed by atoms with Crippen LogP contribution in [0.2, 0.25) is 0 Å². The summed E-state index contributed by atoms with van der Waals surface area (Å²) in [5, 5.41) is 20.3. The molecule has 0 heterocycles. The van der Waals surface area contributed by atoms with E-state index in [4.69, 9.17) is 10.2 Å². The molecule has 0 atom stereocenters. The van der Waals surface area contributed by atoms with Gasteiger partial charge in [-0.05, 0) is 24.6 Å². The Hall–Kier alpha value is -2.15. The fraction of sp³-hybridized carbons (Fsp3) is 0.385. The van der Waals surface area contributed by atoms with Gasteiger partial charge in [0, 0.05) is 13.1 Å².